The highest BCUT2D eigenvalue weighted by molar-refractivity contribution is 6.00. The van der Waals surface area contributed by atoms with Gasteiger partial charge in [0.05, 0.1) is 11.6 Å². The summed E-state index contributed by atoms with van der Waals surface area (Å²) >= 11 is 0. The van der Waals surface area contributed by atoms with Crippen LogP contribution in [0.4, 0.5) is 4.79 Å². The summed E-state index contributed by atoms with van der Waals surface area (Å²) in [5.41, 5.74) is 3.92. The molecule has 1 unspecified atom stereocenters. The molecule has 130 valence electrons. The van der Waals surface area contributed by atoms with Crippen molar-refractivity contribution in [3.8, 4) is 0 Å². The molecule has 26 heavy (non-hydrogen) atoms. The number of fused-ring (bicyclic) bond motifs is 1. The fraction of sp³-hybridized carbons (Fsp3) is 0.263. The summed E-state index contributed by atoms with van der Waals surface area (Å²) in [5.74, 6) is 0.0198. The van der Waals surface area contributed by atoms with E-state index >= 15 is 0 Å². The number of carbonyl (C=O) groups excluding carboxylic acids is 2. The van der Waals surface area contributed by atoms with Gasteiger partial charge in [0.1, 0.15) is 0 Å². The molecule has 2 fully saturated rings. The smallest absolute Gasteiger partial charge is 0.321 e. The molecular formula is C19H17N5O2. The Kier molecular flexibility index (Phi) is 3.28. The zero-order valence-electron chi connectivity index (χ0n) is 13.9. The van der Waals surface area contributed by atoms with E-state index in [1.807, 2.05) is 12.1 Å². The second kappa shape index (κ2) is 5.66. The Labute approximate surface area is 149 Å². The number of aromatic nitrogens is 3. The summed E-state index contributed by atoms with van der Waals surface area (Å²) < 4.78 is 1.73. The van der Waals surface area contributed by atoms with E-state index in [-0.39, 0.29) is 12.5 Å². The number of hydrogen-bond donors (Lipinski definition) is 2. The van der Waals surface area contributed by atoms with Crippen LogP contribution in [0.3, 0.4) is 0 Å². The van der Waals surface area contributed by atoms with Gasteiger partial charge in [-0.1, -0.05) is 30.3 Å². The summed E-state index contributed by atoms with van der Waals surface area (Å²) in [4.78, 5) is 28.0. The quantitative estimate of drug-likeness (QED) is 0.758. The molecule has 1 aliphatic carbocycles. The maximum atomic E-state index is 12.2. The highest BCUT2D eigenvalue weighted by Crippen LogP contribution is 2.55. The zero-order valence-corrected chi connectivity index (χ0v) is 13.9. The minimum atomic E-state index is -0.493. The molecule has 7 heteroatoms. The van der Waals surface area contributed by atoms with Crippen molar-refractivity contribution in [3.05, 3.63) is 65.6 Å². The monoisotopic (exact) mass is 347 g/mol. The molecule has 0 spiro atoms. The van der Waals surface area contributed by atoms with Crippen LogP contribution in [0.5, 0.6) is 0 Å². The second-order valence-electron chi connectivity index (χ2n) is 6.83. The molecule has 1 saturated carbocycles. The standard InChI is InChI=1S/C19H17N5O2/c25-18-15(10-21-19(26)22-18)16-9-14(17-20-6-7-24(17)23-16)13-8-12(13)11-4-2-1-3-5-11/h1-7,9,12-13,15H,8,10H2,(H2,21,22,25,26)/t12-,13+,15?/m0/s1. The van der Waals surface area contributed by atoms with Gasteiger partial charge in [-0.15, -0.1) is 0 Å². The Balaban J connectivity index is 1.53. The Bertz CT molecular complexity index is 1010. The second-order valence-corrected chi connectivity index (χ2v) is 6.83. The van der Waals surface area contributed by atoms with E-state index in [0.29, 0.717) is 17.5 Å². The van der Waals surface area contributed by atoms with Gasteiger partial charge in [0.2, 0.25) is 5.91 Å². The van der Waals surface area contributed by atoms with E-state index in [2.05, 4.69) is 45.0 Å². The molecule has 0 bridgehead atoms. The third-order valence-electron chi connectivity index (χ3n) is 5.20. The Morgan fingerprint density at radius 1 is 1.12 bits per heavy atom. The van der Waals surface area contributed by atoms with Gasteiger partial charge in [-0.05, 0) is 29.9 Å². The maximum Gasteiger partial charge on any atom is 0.321 e. The number of urea groups is 1. The SMILES string of the molecule is O=C1NCC(c2cc([C@@H]3C[C@H]3c3ccccc3)c3nccn3n2)C(=O)N1. The van der Waals surface area contributed by atoms with E-state index in [0.717, 1.165) is 17.6 Å². The van der Waals surface area contributed by atoms with Crippen molar-refractivity contribution in [2.75, 3.05) is 6.54 Å². The van der Waals surface area contributed by atoms with Crippen molar-refractivity contribution >= 4 is 17.6 Å². The number of rotatable bonds is 3. The molecule has 0 radical (unpaired) electrons. The number of nitrogens with one attached hydrogen (secondary N) is 2. The lowest BCUT2D eigenvalue weighted by Crippen LogP contribution is -2.51. The molecule has 3 heterocycles. The predicted octanol–water partition coefficient (Wildman–Crippen LogP) is 1.92. The number of nitrogens with zero attached hydrogens (tertiary/aromatic N) is 3. The summed E-state index contributed by atoms with van der Waals surface area (Å²) in [6, 6.07) is 12.0. The molecule has 2 N–H and O–H groups in total. The summed E-state index contributed by atoms with van der Waals surface area (Å²) in [6.45, 7) is 0.254. The van der Waals surface area contributed by atoms with Gasteiger partial charge in [0.15, 0.2) is 5.65 Å². The molecule has 1 aromatic carbocycles. The van der Waals surface area contributed by atoms with Crippen LogP contribution in [0.25, 0.3) is 5.65 Å². The summed E-state index contributed by atoms with van der Waals surface area (Å²) in [6.07, 6.45) is 4.57. The van der Waals surface area contributed by atoms with Gasteiger partial charge in [-0.25, -0.2) is 14.3 Å². The first-order valence-corrected chi connectivity index (χ1v) is 8.68. The zero-order chi connectivity index (χ0) is 17.7. The molecule has 2 aromatic heterocycles. The molecular weight excluding hydrogens is 330 g/mol. The van der Waals surface area contributed by atoms with Crippen molar-refractivity contribution < 1.29 is 9.59 Å². The molecule has 3 aromatic rings. The number of hydrogen-bond acceptors (Lipinski definition) is 4. The van der Waals surface area contributed by atoms with Crippen molar-refractivity contribution in [3.63, 3.8) is 0 Å². The van der Waals surface area contributed by atoms with Gasteiger partial charge in [-0.2, -0.15) is 5.10 Å². The molecule has 7 nitrogen and oxygen atoms in total. The minimum Gasteiger partial charge on any atom is -0.337 e. The van der Waals surface area contributed by atoms with E-state index < -0.39 is 11.9 Å². The third-order valence-corrected chi connectivity index (χ3v) is 5.20. The number of carbonyl (C=O) groups is 2. The number of imidazole rings is 1. The average Bonchev–Trinajstić information content (AvgIpc) is 3.30. The van der Waals surface area contributed by atoms with Crippen LogP contribution >= 0.6 is 0 Å². The van der Waals surface area contributed by atoms with Crippen LogP contribution in [-0.2, 0) is 4.79 Å². The van der Waals surface area contributed by atoms with Gasteiger partial charge < -0.3 is 5.32 Å². The number of imide groups is 1. The fourth-order valence-electron chi connectivity index (χ4n) is 3.78. The minimum absolute atomic E-state index is 0.254. The molecule has 2 aliphatic rings. The Morgan fingerprint density at radius 2 is 1.96 bits per heavy atom. The normalized spacial score (nSPS) is 25.0. The topological polar surface area (TPSA) is 88.4 Å². The molecule has 5 rings (SSSR count). The van der Waals surface area contributed by atoms with E-state index in [1.165, 1.54) is 5.56 Å². The lowest BCUT2D eigenvalue weighted by molar-refractivity contribution is -0.122. The van der Waals surface area contributed by atoms with Crippen molar-refractivity contribution in [1.29, 1.82) is 0 Å². The largest absolute Gasteiger partial charge is 0.337 e. The Morgan fingerprint density at radius 3 is 2.77 bits per heavy atom. The number of amides is 3. The molecule has 3 atom stereocenters. The molecule has 3 amide bonds. The van der Waals surface area contributed by atoms with Crippen molar-refractivity contribution in [2.45, 2.75) is 24.2 Å². The van der Waals surface area contributed by atoms with Crippen LogP contribution < -0.4 is 10.6 Å². The lowest BCUT2D eigenvalue weighted by Gasteiger charge is -2.22. The highest BCUT2D eigenvalue weighted by Gasteiger charge is 2.42. The average molecular weight is 347 g/mol. The van der Waals surface area contributed by atoms with Gasteiger partial charge in [0.25, 0.3) is 0 Å². The van der Waals surface area contributed by atoms with Crippen molar-refractivity contribution in [2.24, 2.45) is 0 Å². The first-order chi connectivity index (χ1) is 12.7. The van der Waals surface area contributed by atoms with E-state index in [9.17, 15) is 9.59 Å². The van der Waals surface area contributed by atoms with Gasteiger partial charge in [-0.3, -0.25) is 10.1 Å². The van der Waals surface area contributed by atoms with Crippen LogP contribution in [0.2, 0.25) is 0 Å². The number of benzene rings is 1. The third kappa shape index (κ3) is 2.44. The molecule has 1 aliphatic heterocycles. The highest BCUT2D eigenvalue weighted by atomic mass is 16.2. The van der Waals surface area contributed by atoms with Gasteiger partial charge in [0, 0.05) is 24.5 Å². The van der Waals surface area contributed by atoms with Crippen molar-refractivity contribution in [1.82, 2.24) is 25.2 Å². The maximum absolute atomic E-state index is 12.2. The van der Waals surface area contributed by atoms with Gasteiger partial charge >= 0.3 is 6.03 Å². The van der Waals surface area contributed by atoms with Crippen LogP contribution in [0.15, 0.2) is 48.8 Å². The summed E-state index contributed by atoms with van der Waals surface area (Å²) in [7, 11) is 0. The Hall–Kier alpha value is -3.22. The van der Waals surface area contributed by atoms with Crippen LogP contribution in [0, 0.1) is 0 Å². The predicted molar refractivity (Wildman–Crippen MR) is 93.8 cm³/mol. The first-order valence-electron chi connectivity index (χ1n) is 8.68. The van der Waals surface area contributed by atoms with E-state index in [4.69, 9.17) is 0 Å². The fourth-order valence-corrected chi connectivity index (χ4v) is 3.78. The molecule has 1 saturated heterocycles. The summed E-state index contributed by atoms with van der Waals surface area (Å²) in [5, 5.41) is 9.53. The lowest BCUT2D eigenvalue weighted by atomic mass is 9.99. The van der Waals surface area contributed by atoms with Crippen LogP contribution in [0.1, 0.15) is 41.0 Å². The van der Waals surface area contributed by atoms with Crippen LogP contribution in [-0.4, -0.2) is 33.1 Å². The van der Waals surface area contributed by atoms with E-state index in [1.54, 1.807) is 16.9 Å². The first kappa shape index (κ1) is 15.1.